The Morgan fingerprint density at radius 2 is 1.85 bits per heavy atom. The van der Waals surface area contributed by atoms with Crippen molar-refractivity contribution >= 4 is 10.8 Å². The summed E-state index contributed by atoms with van der Waals surface area (Å²) < 4.78 is 17.4. The van der Waals surface area contributed by atoms with E-state index in [9.17, 15) is 4.21 Å². The lowest BCUT2D eigenvalue weighted by Gasteiger charge is -2.19. The molecule has 0 radical (unpaired) electrons. The van der Waals surface area contributed by atoms with Crippen molar-refractivity contribution in [2.75, 3.05) is 24.7 Å². The maximum Gasteiger partial charge on any atom is 0.119 e. The number of nitrogens with one attached hydrogen (secondary N) is 1. The number of hydrogen-bond acceptors (Lipinski definition) is 3. The van der Waals surface area contributed by atoms with Gasteiger partial charge in [0, 0.05) is 28.3 Å². The van der Waals surface area contributed by atoms with Crippen molar-refractivity contribution in [1.29, 1.82) is 0 Å². The van der Waals surface area contributed by atoms with Crippen molar-refractivity contribution in [3.8, 4) is 5.75 Å². The first-order chi connectivity index (χ1) is 9.71. The zero-order chi connectivity index (χ0) is 14.8. The molecule has 0 aromatic heterocycles. The van der Waals surface area contributed by atoms with Gasteiger partial charge in [-0.15, -0.1) is 0 Å². The first-order valence-electron chi connectivity index (χ1n) is 7.52. The number of hydrogen-bond donors (Lipinski definition) is 1. The molecule has 0 saturated carbocycles. The standard InChI is InChI=1S/C16H27NO2S/c1-4-11-17-16(13-20(18)6-3)14-7-9-15(10-8-14)19-12-5-2/h7-10,16-17H,4-6,11-13H2,1-3H3. The van der Waals surface area contributed by atoms with Gasteiger partial charge in [0.2, 0.25) is 0 Å². The first-order valence-corrected chi connectivity index (χ1v) is 9.01. The minimum atomic E-state index is -0.765. The van der Waals surface area contributed by atoms with Gasteiger partial charge < -0.3 is 10.1 Å². The zero-order valence-electron chi connectivity index (χ0n) is 12.9. The molecular formula is C16H27NO2S. The van der Waals surface area contributed by atoms with E-state index < -0.39 is 10.8 Å². The molecule has 0 fully saturated rings. The van der Waals surface area contributed by atoms with E-state index >= 15 is 0 Å². The molecule has 20 heavy (non-hydrogen) atoms. The van der Waals surface area contributed by atoms with Gasteiger partial charge in [0.25, 0.3) is 0 Å². The SMILES string of the molecule is CCCNC(CS(=O)CC)c1ccc(OCCC)cc1. The second-order valence-electron chi connectivity index (χ2n) is 4.82. The summed E-state index contributed by atoms with van der Waals surface area (Å²) in [5.41, 5.74) is 1.18. The Labute approximate surface area is 125 Å². The van der Waals surface area contributed by atoms with Crippen LogP contribution in [0.25, 0.3) is 0 Å². The van der Waals surface area contributed by atoms with Gasteiger partial charge in [-0.25, -0.2) is 0 Å². The third-order valence-electron chi connectivity index (χ3n) is 3.07. The van der Waals surface area contributed by atoms with Crippen LogP contribution in [0.2, 0.25) is 0 Å². The van der Waals surface area contributed by atoms with E-state index in [2.05, 4.69) is 31.3 Å². The molecule has 1 aromatic carbocycles. The smallest absolute Gasteiger partial charge is 0.119 e. The van der Waals surface area contributed by atoms with Gasteiger partial charge in [-0.05, 0) is 37.1 Å². The molecule has 114 valence electrons. The second kappa shape index (κ2) is 9.94. The molecule has 0 amide bonds. The van der Waals surface area contributed by atoms with E-state index in [0.717, 1.165) is 31.7 Å². The lowest BCUT2D eigenvalue weighted by atomic mass is 10.1. The van der Waals surface area contributed by atoms with Crippen LogP contribution in [0, 0.1) is 0 Å². The summed E-state index contributed by atoms with van der Waals surface area (Å²) in [6.07, 6.45) is 2.09. The van der Waals surface area contributed by atoms with Crippen LogP contribution in [0.5, 0.6) is 5.75 Å². The Balaban J connectivity index is 2.70. The Hall–Kier alpha value is -0.870. The highest BCUT2D eigenvalue weighted by Crippen LogP contribution is 2.19. The fourth-order valence-electron chi connectivity index (χ4n) is 1.91. The maximum atomic E-state index is 11.8. The van der Waals surface area contributed by atoms with Crippen molar-refractivity contribution in [1.82, 2.24) is 5.32 Å². The average molecular weight is 297 g/mol. The Morgan fingerprint density at radius 1 is 1.15 bits per heavy atom. The van der Waals surface area contributed by atoms with Crippen molar-refractivity contribution in [3.63, 3.8) is 0 Å². The van der Waals surface area contributed by atoms with Crippen molar-refractivity contribution in [2.24, 2.45) is 0 Å². The van der Waals surface area contributed by atoms with Crippen LogP contribution in [0.3, 0.4) is 0 Å². The predicted octanol–water partition coefficient (Wildman–Crippen LogP) is 3.28. The minimum Gasteiger partial charge on any atom is -0.494 e. The fraction of sp³-hybridized carbons (Fsp3) is 0.625. The second-order valence-corrected chi connectivity index (χ2v) is 6.61. The quantitative estimate of drug-likeness (QED) is 0.720. The number of rotatable bonds is 10. The topological polar surface area (TPSA) is 38.3 Å². The largest absolute Gasteiger partial charge is 0.494 e. The highest BCUT2D eigenvalue weighted by Gasteiger charge is 2.13. The van der Waals surface area contributed by atoms with E-state index in [0.29, 0.717) is 11.5 Å². The van der Waals surface area contributed by atoms with E-state index in [1.807, 2.05) is 19.1 Å². The summed E-state index contributed by atoms with van der Waals surface area (Å²) in [5.74, 6) is 2.29. The van der Waals surface area contributed by atoms with Gasteiger partial charge in [0.05, 0.1) is 6.61 Å². The highest BCUT2D eigenvalue weighted by molar-refractivity contribution is 7.84. The van der Waals surface area contributed by atoms with Crippen LogP contribution in [0.4, 0.5) is 0 Å². The van der Waals surface area contributed by atoms with Crippen molar-refractivity contribution < 1.29 is 8.95 Å². The molecule has 1 rings (SSSR count). The van der Waals surface area contributed by atoms with Gasteiger partial charge in [-0.2, -0.15) is 0 Å². The van der Waals surface area contributed by atoms with Crippen LogP contribution in [0.1, 0.15) is 45.2 Å². The lowest BCUT2D eigenvalue weighted by Crippen LogP contribution is -2.27. The zero-order valence-corrected chi connectivity index (χ0v) is 13.7. The molecule has 4 heteroatoms. The molecule has 1 aromatic rings. The molecule has 0 spiro atoms. The van der Waals surface area contributed by atoms with E-state index in [1.54, 1.807) is 0 Å². The summed E-state index contributed by atoms with van der Waals surface area (Å²) in [4.78, 5) is 0. The van der Waals surface area contributed by atoms with Crippen LogP contribution in [-0.2, 0) is 10.8 Å². The predicted molar refractivity (Wildman–Crippen MR) is 86.8 cm³/mol. The summed E-state index contributed by atoms with van der Waals surface area (Å²) in [7, 11) is -0.765. The summed E-state index contributed by atoms with van der Waals surface area (Å²) in [6, 6.07) is 8.31. The summed E-state index contributed by atoms with van der Waals surface area (Å²) in [6.45, 7) is 7.90. The molecule has 0 heterocycles. The third kappa shape index (κ3) is 6.06. The molecule has 0 saturated heterocycles. The van der Waals surface area contributed by atoms with Gasteiger partial charge in [0.1, 0.15) is 5.75 Å². The monoisotopic (exact) mass is 297 g/mol. The van der Waals surface area contributed by atoms with E-state index in [4.69, 9.17) is 4.74 Å². The molecule has 2 atom stereocenters. The molecule has 3 nitrogen and oxygen atoms in total. The van der Waals surface area contributed by atoms with Gasteiger partial charge in [0.15, 0.2) is 0 Å². The fourth-order valence-corrected chi connectivity index (χ4v) is 2.83. The van der Waals surface area contributed by atoms with Crippen LogP contribution >= 0.6 is 0 Å². The average Bonchev–Trinajstić information content (AvgIpc) is 2.49. The summed E-state index contributed by atoms with van der Waals surface area (Å²) >= 11 is 0. The van der Waals surface area contributed by atoms with Gasteiger partial charge in [-0.1, -0.05) is 32.9 Å². The number of ether oxygens (including phenoxy) is 1. The Bertz CT molecular complexity index is 392. The first kappa shape index (κ1) is 17.2. The van der Waals surface area contributed by atoms with Gasteiger partial charge >= 0.3 is 0 Å². The van der Waals surface area contributed by atoms with Crippen LogP contribution in [0.15, 0.2) is 24.3 Å². The van der Waals surface area contributed by atoms with E-state index in [1.165, 1.54) is 5.56 Å². The number of benzene rings is 1. The van der Waals surface area contributed by atoms with Crippen molar-refractivity contribution in [3.05, 3.63) is 29.8 Å². The van der Waals surface area contributed by atoms with Crippen LogP contribution in [-0.4, -0.2) is 28.9 Å². The Kier molecular flexibility index (Phi) is 8.54. The molecular weight excluding hydrogens is 270 g/mol. The molecule has 1 N–H and O–H groups in total. The lowest BCUT2D eigenvalue weighted by molar-refractivity contribution is 0.317. The maximum absolute atomic E-state index is 11.8. The normalized spacial score (nSPS) is 13.9. The van der Waals surface area contributed by atoms with E-state index in [-0.39, 0.29) is 6.04 Å². The molecule has 0 bridgehead atoms. The third-order valence-corrected chi connectivity index (χ3v) is 4.42. The molecule has 2 unspecified atom stereocenters. The molecule has 0 aliphatic heterocycles. The van der Waals surface area contributed by atoms with Gasteiger partial charge in [-0.3, -0.25) is 4.21 Å². The molecule has 0 aliphatic rings. The molecule has 0 aliphatic carbocycles. The minimum absolute atomic E-state index is 0.163. The Morgan fingerprint density at radius 3 is 2.40 bits per heavy atom. The summed E-state index contributed by atoms with van der Waals surface area (Å²) in [5, 5.41) is 3.48. The van der Waals surface area contributed by atoms with Crippen molar-refractivity contribution in [2.45, 2.75) is 39.7 Å². The highest BCUT2D eigenvalue weighted by atomic mass is 32.2. The van der Waals surface area contributed by atoms with Crippen LogP contribution < -0.4 is 10.1 Å².